The van der Waals surface area contributed by atoms with Crippen molar-refractivity contribution in [3.8, 4) is 27.4 Å². The fourth-order valence-electron chi connectivity index (χ4n) is 4.26. The van der Waals surface area contributed by atoms with Gasteiger partial charge < -0.3 is 25.8 Å². The first-order valence-electron chi connectivity index (χ1n) is 11.7. The fraction of sp³-hybridized carbons (Fsp3) is 0.308. The molecule has 4 aromatic rings. The Kier molecular flexibility index (Phi) is 7.40. The minimum atomic E-state index is -0.00864. The normalized spacial score (nSPS) is 13.2. The highest BCUT2D eigenvalue weighted by Crippen LogP contribution is 2.45. The van der Waals surface area contributed by atoms with Crippen molar-refractivity contribution in [3.05, 3.63) is 52.9 Å². The third-order valence-corrected chi connectivity index (χ3v) is 8.21. The number of phenolic OH excluding ortho intramolecular Hbond substituents is 1. The van der Waals surface area contributed by atoms with Crippen LogP contribution in [-0.2, 0) is 22.5 Å². The molecule has 9 heteroatoms. The number of para-hydroxylation sites is 1. The number of anilines is 1. The number of nitrogens with one attached hydrogen (secondary N) is 3. The van der Waals surface area contributed by atoms with E-state index in [1.165, 1.54) is 10.4 Å². The molecule has 0 aliphatic carbocycles. The molecule has 7 nitrogen and oxygen atoms in total. The first kappa shape index (κ1) is 23.9. The number of methoxy groups -OCH3 is 1. The van der Waals surface area contributed by atoms with Gasteiger partial charge in [-0.15, -0.1) is 22.7 Å². The van der Waals surface area contributed by atoms with E-state index < -0.39 is 0 Å². The number of aromatic hydroxyl groups is 1. The molecule has 0 unspecified atom stereocenters. The number of phenols is 1. The predicted molar refractivity (Wildman–Crippen MR) is 143 cm³/mol. The molecule has 1 aliphatic rings. The van der Waals surface area contributed by atoms with Gasteiger partial charge in [-0.25, -0.2) is 4.98 Å². The van der Waals surface area contributed by atoms with Crippen molar-refractivity contribution < 1.29 is 14.6 Å². The van der Waals surface area contributed by atoms with Gasteiger partial charge in [0.1, 0.15) is 15.8 Å². The van der Waals surface area contributed by atoms with Crippen LogP contribution in [0.4, 0.5) is 5.00 Å². The Morgan fingerprint density at radius 2 is 2.09 bits per heavy atom. The summed E-state index contributed by atoms with van der Waals surface area (Å²) in [6, 6.07) is 13.4. The summed E-state index contributed by atoms with van der Waals surface area (Å²) in [5.74, 6) is 0.245. The molecule has 5 rings (SSSR count). The van der Waals surface area contributed by atoms with Crippen molar-refractivity contribution in [3.63, 3.8) is 0 Å². The van der Waals surface area contributed by atoms with E-state index in [4.69, 9.17) is 9.72 Å². The van der Waals surface area contributed by atoms with Crippen LogP contribution in [0.3, 0.4) is 0 Å². The highest BCUT2D eigenvalue weighted by atomic mass is 32.1. The van der Waals surface area contributed by atoms with Gasteiger partial charge in [-0.1, -0.05) is 24.3 Å². The standard InChI is InChI=1S/C26H28N4O3S2/c1-33-13-12-27-11-9-23(32)30-26-24(18-8-10-28-15-22(18)35-26)25-29-19-14-16(6-7-21(19)34-25)17-4-2-3-5-20(17)31/h2-7,14,27-28,31H,8-13,15H2,1H3,(H,30,32). The molecule has 0 saturated carbocycles. The maximum atomic E-state index is 12.7. The lowest BCUT2D eigenvalue weighted by molar-refractivity contribution is -0.116. The second-order valence-corrected chi connectivity index (χ2v) is 10.5. The number of hydrogen-bond donors (Lipinski definition) is 4. The fourth-order valence-corrected chi connectivity index (χ4v) is 6.58. The van der Waals surface area contributed by atoms with E-state index >= 15 is 0 Å². The van der Waals surface area contributed by atoms with Gasteiger partial charge in [0.05, 0.1) is 16.8 Å². The molecular formula is C26H28N4O3S2. The van der Waals surface area contributed by atoms with Crippen molar-refractivity contribution in [2.45, 2.75) is 19.4 Å². The lowest BCUT2D eigenvalue weighted by Crippen LogP contribution is -2.24. The van der Waals surface area contributed by atoms with Gasteiger partial charge in [0.15, 0.2) is 0 Å². The summed E-state index contributed by atoms with van der Waals surface area (Å²) in [6.45, 7) is 3.68. The Bertz CT molecular complexity index is 1350. The topological polar surface area (TPSA) is 95.5 Å². The Labute approximate surface area is 212 Å². The van der Waals surface area contributed by atoms with E-state index in [0.717, 1.165) is 63.0 Å². The number of aromatic nitrogens is 1. The van der Waals surface area contributed by atoms with Crippen LogP contribution in [-0.4, -0.2) is 49.3 Å². The van der Waals surface area contributed by atoms with Crippen molar-refractivity contribution in [2.24, 2.45) is 0 Å². The van der Waals surface area contributed by atoms with Crippen LogP contribution in [0, 0.1) is 0 Å². The lowest BCUT2D eigenvalue weighted by atomic mass is 10.0. The van der Waals surface area contributed by atoms with Gasteiger partial charge in [0, 0.05) is 49.2 Å². The maximum Gasteiger partial charge on any atom is 0.226 e. The molecule has 0 atom stereocenters. The third kappa shape index (κ3) is 5.24. The summed E-state index contributed by atoms with van der Waals surface area (Å²) in [6.07, 6.45) is 1.31. The molecular weight excluding hydrogens is 480 g/mol. The third-order valence-electron chi connectivity index (χ3n) is 6.01. The summed E-state index contributed by atoms with van der Waals surface area (Å²) >= 11 is 3.28. The number of thiazole rings is 1. The van der Waals surface area contributed by atoms with E-state index in [0.29, 0.717) is 19.6 Å². The second-order valence-electron chi connectivity index (χ2n) is 8.39. The van der Waals surface area contributed by atoms with Gasteiger partial charge in [-0.2, -0.15) is 0 Å². The highest BCUT2D eigenvalue weighted by molar-refractivity contribution is 7.23. The molecule has 0 radical (unpaired) electrons. The Morgan fingerprint density at radius 1 is 1.20 bits per heavy atom. The first-order chi connectivity index (χ1) is 17.1. The van der Waals surface area contributed by atoms with Crippen LogP contribution in [0.5, 0.6) is 5.75 Å². The van der Waals surface area contributed by atoms with E-state index in [1.54, 1.807) is 35.8 Å². The van der Waals surface area contributed by atoms with Crippen LogP contribution in [0.25, 0.3) is 31.9 Å². The summed E-state index contributed by atoms with van der Waals surface area (Å²) in [5, 5.41) is 21.9. The molecule has 0 saturated heterocycles. The van der Waals surface area contributed by atoms with Crippen LogP contribution < -0.4 is 16.0 Å². The average molecular weight is 509 g/mol. The second kappa shape index (κ2) is 10.8. The minimum absolute atomic E-state index is 0.00864. The van der Waals surface area contributed by atoms with Crippen LogP contribution in [0.1, 0.15) is 16.9 Å². The van der Waals surface area contributed by atoms with Gasteiger partial charge in [-0.05, 0) is 42.3 Å². The largest absolute Gasteiger partial charge is 0.507 e. The van der Waals surface area contributed by atoms with Gasteiger partial charge in [0.2, 0.25) is 5.91 Å². The molecule has 182 valence electrons. The summed E-state index contributed by atoms with van der Waals surface area (Å²) in [4.78, 5) is 19.0. The van der Waals surface area contributed by atoms with E-state index in [9.17, 15) is 9.90 Å². The van der Waals surface area contributed by atoms with Crippen LogP contribution >= 0.6 is 22.7 Å². The molecule has 0 bridgehead atoms. The number of ether oxygens (including phenoxy) is 1. The zero-order valence-corrected chi connectivity index (χ0v) is 21.2. The Morgan fingerprint density at radius 3 is 2.94 bits per heavy atom. The molecule has 0 spiro atoms. The average Bonchev–Trinajstić information content (AvgIpc) is 3.44. The molecule has 1 aliphatic heterocycles. The minimum Gasteiger partial charge on any atom is -0.507 e. The van der Waals surface area contributed by atoms with E-state index in [1.807, 2.05) is 30.3 Å². The van der Waals surface area contributed by atoms with E-state index in [2.05, 4.69) is 22.0 Å². The highest BCUT2D eigenvalue weighted by Gasteiger charge is 2.25. The predicted octanol–water partition coefficient (Wildman–Crippen LogP) is 4.61. The molecule has 2 aromatic heterocycles. The number of rotatable bonds is 9. The van der Waals surface area contributed by atoms with E-state index in [-0.39, 0.29) is 11.7 Å². The molecule has 0 fully saturated rings. The zero-order chi connectivity index (χ0) is 24.2. The number of thiophene rings is 1. The monoisotopic (exact) mass is 508 g/mol. The van der Waals surface area contributed by atoms with Gasteiger partial charge in [0.25, 0.3) is 0 Å². The summed E-state index contributed by atoms with van der Waals surface area (Å²) in [7, 11) is 1.66. The number of hydrogen-bond acceptors (Lipinski definition) is 8. The molecule has 4 N–H and O–H groups in total. The molecule has 1 amide bonds. The Hall–Kier alpha value is -2.82. The number of carbonyl (C=O) groups is 1. The molecule has 3 heterocycles. The maximum absolute atomic E-state index is 12.7. The first-order valence-corrected chi connectivity index (χ1v) is 13.3. The summed E-state index contributed by atoms with van der Waals surface area (Å²) < 4.78 is 6.11. The number of fused-ring (bicyclic) bond motifs is 2. The lowest BCUT2D eigenvalue weighted by Gasteiger charge is -2.13. The quantitative estimate of drug-likeness (QED) is 0.247. The van der Waals surface area contributed by atoms with Crippen molar-refractivity contribution in [1.29, 1.82) is 0 Å². The zero-order valence-electron chi connectivity index (χ0n) is 19.5. The molecule has 35 heavy (non-hydrogen) atoms. The number of benzene rings is 2. The SMILES string of the molecule is COCCNCCC(=O)Nc1sc2c(c1-c1nc3cc(-c4ccccc4O)ccc3s1)CCNC2. The number of amides is 1. The number of carbonyl (C=O) groups excluding carboxylic acids is 1. The van der Waals surface area contributed by atoms with Gasteiger partial charge >= 0.3 is 0 Å². The van der Waals surface area contributed by atoms with Crippen molar-refractivity contribution >= 4 is 43.8 Å². The Balaban J connectivity index is 1.44. The van der Waals surface area contributed by atoms with Crippen molar-refractivity contribution in [1.82, 2.24) is 15.6 Å². The molecule has 2 aromatic carbocycles. The van der Waals surface area contributed by atoms with Crippen molar-refractivity contribution in [2.75, 3.05) is 38.7 Å². The summed E-state index contributed by atoms with van der Waals surface area (Å²) in [5.41, 5.74) is 4.94. The van der Waals surface area contributed by atoms with Crippen LogP contribution in [0.2, 0.25) is 0 Å². The number of nitrogens with zero attached hydrogens (tertiary/aromatic N) is 1. The van der Waals surface area contributed by atoms with Gasteiger partial charge in [-0.3, -0.25) is 4.79 Å². The van der Waals surface area contributed by atoms with Crippen LogP contribution in [0.15, 0.2) is 42.5 Å². The smallest absolute Gasteiger partial charge is 0.226 e.